The molecule has 0 radical (unpaired) electrons. The lowest BCUT2D eigenvalue weighted by Crippen LogP contribution is -2.54. The van der Waals surface area contributed by atoms with E-state index in [4.69, 9.17) is 4.42 Å². The number of nitrogens with one attached hydrogen (secondary N) is 2. The summed E-state index contributed by atoms with van der Waals surface area (Å²) in [6.45, 7) is 5.37. The van der Waals surface area contributed by atoms with E-state index in [1.165, 1.54) is 0 Å². The number of nitrogens with zero attached hydrogens (tertiary/aromatic N) is 1. The number of para-hydroxylation sites is 1. The number of Topliss-reactive ketones (excluding diaryl/α,β-unsaturated/α-hetero) is 1. The molecule has 0 bridgehead atoms. The van der Waals surface area contributed by atoms with Gasteiger partial charge in [0, 0.05) is 10.3 Å². The molecule has 2 atom stereocenters. The predicted octanol–water partition coefficient (Wildman–Crippen LogP) is 3.99. The van der Waals surface area contributed by atoms with Crippen molar-refractivity contribution in [3.05, 3.63) is 58.5 Å². The molecule has 0 aliphatic carbocycles. The van der Waals surface area contributed by atoms with Crippen molar-refractivity contribution < 1.29 is 18.8 Å². The van der Waals surface area contributed by atoms with Crippen LogP contribution in [0.4, 0.5) is 0 Å². The minimum absolute atomic E-state index is 0.00862. The van der Waals surface area contributed by atoms with Crippen LogP contribution in [0.2, 0.25) is 0 Å². The van der Waals surface area contributed by atoms with Gasteiger partial charge in [-0.2, -0.15) is 0 Å². The van der Waals surface area contributed by atoms with Crippen LogP contribution < -0.4 is 10.6 Å². The molecule has 3 aromatic rings. The van der Waals surface area contributed by atoms with Crippen LogP contribution in [0.15, 0.2) is 52.3 Å². The summed E-state index contributed by atoms with van der Waals surface area (Å²) in [5.74, 6) is -0.316. The SMILES string of the molecule is CC(C)CC(NC(=O)c1cc2ccccc2o1)C(=O)N(Cc1cccs1)[C@H]1CCCNCC1=O. The third-order valence-electron chi connectivity index (χ3n) is 6.03. The van der Waals surface area contributed by atoms with Crippen LogP contribution in [0.3, 0.4) is 0 Å². The molecule has 2 N–H and O–H groups in total. The van der Waals surface area contributed by atoms with Gasteiger partial charge in [-0.1, -0.05) is 38.1 Å². The van der Waals surface area contributed by atoms with Gasteiger partial charge in [0.15, 0.2) is 11.5 Å². The summed E-state index contributed by atoms with van der Waals surface area (Å²) < 4.78 is 5.71. The molecule has 1 aromatic carbocycles. The number of amides is 2. The van der Waals surface area contributed by atoms with Gasteiger partial charge in [0.2, 0.25) is 5.91 Å². The smallest absolute Gasteiger partial charge is 0.287 e. The molecular weight excluding hydrogens is 450 g/mol. The second-order valence-corrected chi connectivity index (χ2v) is 10.2. The first-order valence-electron chi connectivity index (χ1n) is 11.8. The van der Waals surface area contributed by atoms with Gasteiger partial charge in [0.05, 0.1) is 19.1 Å². The Morgan fingerprint density at radius 1 is 1.24 bits per heavy atom. The average Bonchev–Trinajstić information content (AvgIpc) is 3.44. The lowest BCUT2D eigenvalue weighted by atomic mass is 9.99. The van der Waals surface area contributed by atoms with Crippen molar-refractivity contribution in [1.82, 2.24) is 15.5 Å². The molecule has 1 saturated heterocycles. The zero-order valence-corrected chi connectivity index (χ0v) is 20.4. The number of carbonyl (C=O) groups is 3. The monoisotopic (exact) mass is 481 g/mol. The van der Waals surface area contributed by atoms with Crippen molar-refractivity contribution >= 4 is 39.9 Å². The standard InChI is InChI=1S/C26H31N3O4S/c1-17(2)13-20(28-25(31)24-14-18-7-3-4-10-23(18)33-24)26(32)29(16-19-8-6-12-34-19)21-9-5-11-27-15-22(21)30/h3-4,6-8,10,12,14,17,20-21,27H,5,9,11,13,15-16H2,1-2H3,(H,28,31)/t20?,21-/m0/s1. The second kappa shape index (κ2) is 11.0. The van der Waals surface area contributed by atoms with Crippen molar-refractivity contribution in [2.24, 2.45) is 5.92 Å². The minimum Gasteiger partial charge on any atom is -0.451 e. The maximum Gasteiger partial charge on any atom is 0.287 e. The van der Waals surface area contributed by atoms with Crippen molar-refractivity contribution in [2.45, 2.75) is 51.7 Å². The maximum atomic E-state index is 13.9. The summed E-state index contributed by atoms with van der Waals surface area (Å²) in [7, 11) is 0. The predicted molar refractivity (Wildman–Crippen MR) is 133 cm³/mol. The molecule has 0 saturated carbocycles. The summed E-state index contributed by atoms with van der Waals surface area (Å²) in [6, 6.07) is 11.7. The van der Waals surface area contributed by atoms with E-state index in [-0.39, 0.29) is 29.9 Å². The third-order valence-corrected chi connectivity index (χ3v) is 6.89. The summed E-state index contributed by atoms with van der Waals surface area (Å²) in [5, 5.41) is 8.84. The zero-order chi connectivity index (χ0) is 24.1. The Bertz CT molecular complexity index is 1110. The lowest BCUT2D eigenvalue weighted by molar-refractivity contribution is -0.142. The number of fused-ring (bicyclic) bond motifs is 1. The van der Waals surface area contributed by atoms with E-state index in [2.05, 4.69) is 10.6 Å². The quantitative estimate of drug-likeness (QED) is 0.508. The first-order valence-corrected chi connectivity index (χ1v) is 12.7. The number of hydrogen-bond donors (Lipinski definition) is 2. The van der Waals surface area contributed by atoms with E-state index in [0.717, 1.165) is 23.2 Å². The highest BCUT2D eigenvalue weighted by Gasteiger charge is 2.35. The molecule has 3 heterocycles. The van der Waals surface area contributed by atoms with Crippen molar-refractivity contribution in [1.29, 1.82) is 0 Å². The molecular formula is C26H31N3O4S. The topological polar surface area (TPSA) is 91.7 Å². The van der Waals surface area contributed by atoms with E-state index in [0.29, 0.717) is 25.0 Å². The number of furan rings is 1. The summed E-state index contributed by atoms with van der Waals surface area (Å²) in [4.78, 5) is 42.6. The van der Waals surface area contributed by atoms with Crippen molar-refractivity contribution in [3.63, 3.8) is 0 Å². The molecule has 1 aliphatic heterocycles. The van der Waals surface area contributed by atoms with Gasteiger partial charge >= 0.3 is 0 Å². The largest absolute Gasteiger partial charge is 0.451 e. The first-order chi connectivity index (χ1) is 16.4. The van der Waals surface area contributed by atoms with Crippen LogP contribution >= 0.6 is 11.3 Å². The van der Waals surface area contributed by atoms with E-state index >= 15 is 0 Å². The molecule has 180 valence electrons. The number of ketones is 1. The number of benzene rings is 1. The molecule has 1 aliphatic rings. The fourth-order valence-corrected chi connectivity index (χ4v) is 5.07. The Morgan fingerprint density at radius 2 is 2.06 bits per heavy atom. The number of carbonyl (C=O) groups excluding carboxylic acids is 3. The van der Waals surface area contributed by atoms with Crippen LogP contribution in [0.25, 0.3) is 11.0 Å². The van der Waals surface area contributed by atoms with E-state index < -0.39 is 18.0 Å². The molecule has 34 heavy (non-hydrogen) atoms. The summed E-state index contributed by atoms with van der Waals surface area (Å²) in [6.07, 6.45) is 1.88. The Hall–Kier alpha value is -2.97. The van der Waals surface area contributed by atoms with Crippen LogP contribution in [-0.4, -0.2) is 47.7 Å². The normalized spacial score (nSPS) is 17.5. The molecule has 4 rings (SSSR count). The number of rotatable bonds is 8. The van der Waals surface area contributed by atoms with Gasteiger partial charge in [0.25, 0.3) is 5.91 Å². The molecule has 7 nitrogen and oxygen atoms in total. The van der Waals surface area contributed by atoms with E-state index in [1.54, 1.807) is 28.4 Å². The van der Waals surface area contributed by atoms with Crippen LogP contribution in [0.1, 0.15) is 48.5 Å². The molecule has 8 heteroatoms. The molecule has 1 fully saturated rings. The van der Waals surface area contributed by atoms with Gasteiger partial charge in [-0.15, -0.1) is 11.3 Å². The molecule has 2 amide bonds. The van der Waals surface area contributed by atoms with Crippen molar-refractivity contribution in [2.75, 3.05) is 13.1 Å². The van der Waals surface area contributed by atoms with Crippen LogP contribution in [-0.2, 0) is 16.1 Å². The minimum atomic E-state index is -0.760. The highest BCUT2D eigenvalue weighted by atomic mass is 32.1. The molecule has 0 spiro atoms. The van der Waals surface area contributed by atoms with E-state index in [9.17, 15) is 14.4 Å². The molecule has 2 aromatic heterocycles. The third kappa shape index (κ3) is 5.74. The fraction of sp³-hybridized carbons (Fsp3) is 0.423. The van der Waals surface area contributed by atoms with Gasteiger partial charge < -0.3 is 20.0 Å². The Balaban J connectivity index is 1.60. The van der Waals surface area contributed by atoms with Gasteiger partial charge in [-0.25, -0.2) is 0 Å². The number of hydrogen-bond acceptors (Lipinski definition) is 6. The zero-order valence-electron chi connectivity index (χ0n) is 19.6. The first kappa shape index (κ1) is 24.2. The summed E-state index contributed by atoms with van der Waals surface area (Å²) in [5.41, 5.74) is 0.621. The van der Waals surface area contributed by atoms with E-state index in [1.807, 2.05) is 49.6 Å². The Labute approximate surface area is 203 Å². The van der Waals surface area contributed by atoms with Gasteiger partial charge in [0.1, 0.15) is 11.6 Å². The highest BCUT2D eigenvalue weighted by Crippen LogP contribution is 2.22. The van der Waals surface area contributed by atoms with Crippen molar-refractivity contribution in [3.8, 4) is 0 Å². The Kier molecular flexibility index (Phi) is 7.80. The summed E-state index contributed by atoms with van der Waals surface area (Å²) >= 11 is 1.55. The second-order valence-electron chi connectivity index (χ2n) is 9.15. The van der Waals surface area contributed by atoms with Crippen LogP contribution in [0, 0.1) is 5.92 Å². The maximum absolute atomic E-state index is 13.9. The Morgan fingerprint density at radius 3 is 2.79 bits per heavy atom. The fourth-order valence-electron chi connectivity index (χ4n) is 4.37. The van der Waals surface area contributed by atoms with Crippen LogP contribution in [0.5, 0.6) is 0 Å². The lowest BCUT2D eigenvalue weighted by Gasteiger charge is -2.33. The number of thiophene rings is 1. The highest BCUT2D eigenvalue weighted by molar-refractivity contribution is 7.09. The van der Waals surface area contributed by atoms with Gasteiger partial charge in [-0.05, 0) is 55.3 Å². The molecule has 1 unspecified atom stereocenters. The van der Waals surface area contributed by atoms with Gasteiger partial charge in [-0.3, -0.25) is 14.4 Å². The average molecular weight is 482 g/mol.